The second kappa shape index (κ2) is 9.89. The van der Waals surface area contributed by atoms with E-state index in [-0.39, 0.29) is 24.3 Å². The molecule has 2 amide bonds. The second-order valence-corrected chi connectivity index (χ2v) is 8.52. The van der Waals surface area contributed by atoms with Crippen LogP contribution in [0.2, 0.25) is 0 Å². The van der Waals surface area contributed by atoms with Gasteiger partial charge in [-0.2, -0.15) is 0 Å². The molecule has 2 heterocycles. The van der Waals surface area contributed by atoms with E-state index in [2.05, 4.69) is 20.9 Å². The molecule has 152 valence electrons. The number of esters is 1. The quantitative estimate of drug-likeness (QED) is 0.641. The highest BCUT2D eigenvalue weighted by molar-refractivity contribution is 9.10. The molecule has 1 aliphatic heterocycles. The van der Waals surface area contributed by atoms with Crippen LogP contribution in [-0.2, 0) is 14.3 Å². The number of carbonyl (C=O) groups is 3. The van der Waals surface area contributed by atoms with Crippen LogP contribution in [0.1, 0.15) is 23.2 Å². The number of ether oxygens (including phenoxy) is 1. The Kier molecular flexibility index (Phi) is 7.27. The lowest BCUT2D eigenvalue weighted by Gasteiger charge is -2.30. The Labute approximate surface area is 181 Å². The van der Waals surface area contributed by atoms with Crippen LogP contribution >= 0.6 is 27.7 Å². The summed E-state index contributed by atoms with van der Waals surface area (Å²) in [5.74, 6) is -1.37. The third kappa shape index (κ3) is 5.80. The van der Waals surface area contributed by atoms with Crippen LogP contribution in [0.25, 0.3) is 0 Å². The number of pyridine rings is 1. The van der Waals surface area contributed by atoms with Gasteiger partial charge in [0, 0.05) is 34.6 Å². The number of benzene rings is 1. The minimum atomic E-state index is -0.564. The van der Waals surface area contributed by atoms with E-state index in [4.69, 9.17) is 10.5 Å². The highest BCUT2D eigenvalue weighted by Crippen LogP contribution is 2.30. The first-order valence-corrected chi connectivity index (χ1v) is 10.7. The second-order valence-electron chi connectivity index (χ2n) is 6.55. The number of halogens is 1. The Morgan fingerprint density at radius 3 is 2.55 bits per heavy atom. The fraction of sp³-hybridized carbons (Fsp3) is 0.300. The van der Waals surface area contributed by atoms with E-state index in [0.717, 1.165) is 9.50 Å². The first-order valence-electron chi connectivity index (χ1n) is 9.06. The zero-order chi connectivity index (χ0) is 20.8. The number of piperidine rings is 1. The molecule has 2 aromatic rings. The maximum absolute atomic E-state index is 12.5. The lowest BCUT2D eigenvalue weighted by atomic mass is 9.96. The van der Waals surface area contributed by atoms with Gasteiger partial charge in [0.15, 0.2) is 6.61 Å². The van der Waals surface area contributed by atoms with Crippen molar-refractivity contribution in [3.63, 3.8) is 0 Å². The average Bonchev–Trinajstić information content (AvgIpc) is 2.74. The highest BCUT2D eigenvalue weighted by Gasteiger charge is 2.26. The molecule has 0 bridgehead atoms. The number of carbonyl (C=O) groups excluding carboxylic acids is 3. The van der Waals surface area contributed by atoms with Crippen LogP contribution in [-0.4, -0.2) is 47.4 Å². The summed E-state index contributed by atoms with van der Waals surface area (Å²) < 4.78 is 6.12. The number of nitrogens with two attached hydrogens (primary N) is 1. The van der Waals surface area contributed by atoms with Crippen LogP contribution in [0, 0.1) is 5.92 Å². The Morgan fingerprint density at radius 1 is 1.17 bits per heavy atom. The largest absolute Gasteiger partial charge is 0.452 e. The van der Waals surface area contributed by atoms with E-state index in [1.807, 2.05) is 18.2 Å². The Morgan fingerprint density at radius 2 is 1.90 bits per heavy atom. The number of hydrogen-bond donors (Lipinski definition) is 1. The van der Waals surface area contributed by atoms with Crippen LogP contribution in [0.15, 0.2) is 57.0 Å². The number of amides is 2. The zero-order valence-corrected chi connectivity index (χ0v) is 17.9. The van der Waals surface area contributed by atoms with Crippen molar-refractivity contribution in [2.75, 3.05) is 19.7 Å². The fourth-order valence-electron chi connectivity index (χ4n) is 2.97. The third-order valence-corrected chi connectivity index (χ3v) is 6.09. The summed E-state index contributed by atoms with van der Waals surface area (Å²) in [6, 6.07) is 10.7. The number of primary amides is 1. The van der Waals surface area contributed by atoms with Gasteiger partial charge in [-0.05, 0) is 53.0 Å². The normalized spacial score (nSPS) is 14.4. The van der Waals surface area contributed by atoms with E-state index in [9.17, 15) is 14.4 Å². The number of nitrogens with zero attached hydrogens (tertiary/aromatic N) is 2. The van der Waals surface area contributed by atoms with Crippen LogP contribution in [0.3, 0.4) is 0 Å². The molecule has 0 aliphatic carbocycles. The smallest absolute Gasteiger partial charge is 0.339 e. The molecule has 3 rings (SSSR count). The van der Waals surface area contributed by atoms with Crippen molar-refractivity contribution >= 4 is 45.5 Å². The van der Waals surface area contributed by atoms with Crippen molar-refractivity contribution in [1.29, 1.82) is 0 Å². The van der Waals surface area contributed by atoms with Crippen LogP contribution in [0.4, 0.5) is 0 Å². The van der Waals surface area contributed by atoms with E-state index in [0.29, 0.717) is 36.4 Å². The lowest BCUT2D eigenvalue weighted by Crippen LogP contribution is -2.43. The van der Waals surface area contributed by atoms with Crippen LogP contribution < -0.4 is 5.73 Å². The van der Waals surface area contributed by atoms with Gasteiger partial charge in [0.1, 0.15) is 5.03 Å². The molecule has 0 saturated carbocycles. The Bertz CT molecular complexity index is 899. The highest BCUT2D eigenvalue weighted by atomic mass is 79.9. The standard InChI is InChI=1S/C20H20BrN3O4S/c21-14-5-6-17(23-11-14)29-16-4-2-1-3-15(16)20(27)28-12-18(25)24-9-7-13(8-10-24)19(22)26/h1-6,11,13H,7-10,12H2,(H2,22,26). The van der Waals surface area contributed by atoms with Crippen molar-refractivity contribution in [2.24, 2.45) is 11.7 Å². The number of hydrogen-bond acceptors (Lipinski definition) is 6. The molecule has 1 fully saturated rings. The molecule has 1 aromatic carbocycles. The molecule has 0 unspecified atom stereocenters. The summed E-state index contributed by atoms with van der Waals surface area (Å²) in [7, 11) is 0. The zero-order valence-electron chi connectivity index (χ0n) is 15.5. The van der Waals surface area contributed by atoms with Gasteiger partial charge in [-0.25, -0.2) is 9.78 Å². The van der Waals surface area contributed by atoms with Crippen LogP contribution in [0.5, 0.6) is 0 Å². The summed E-state index contributed by atoms with van der Waals surface area (Å²) in [5, 5.41) is 0.738. The fourth-order valence-corrected chi connectivity index (χ4v) is 4.08. The van der Waals surface area contributed by atoms with Gasteiger partial charge in [0.25, 0.3) is 5.91 Å². The molecule has 9 heteroatoms. The number of likely N-dealkylation sites (tertiary alicyclic amines) is 1. The first-order chi connectivity index (χ1) is 13.9. The van der Waals surface area contributed by atoms with Crippen molar-refractivity contribution in [2.45, 2.75) is 22.8 Å². The van der Waals surface area contributed by atoms with Crippen molar-refractivity contribution in [1.82, 2.24) is 9.88 Å². The summed E-state index contributed by atoms with van der Waals surface area (Å²) in [4.78, 5) is 42.7. The maximum Gasteiger partial charge on any atom is 0.339 e. The summed E-state index contributed by atoms with van der Waals surface area (Å²) >= 11 is 4.69. The van der Waals surface area contributed by atoms with Crippen molar-refractivity contribution in [3.8, 4) is 0 Å². The summed E-state index contributed by atoms with van der Waals surface area (Å²) in [6.07, 6.45) is 2.76. The lowest BCUT2D eigenvalue weighted by molar-refractivity contribution is -0.137. The minimum Gasteiger partial charge on any atom is -0.452 e. The van der Waals surface area contributed by atoms with Crippen molar-refractivity contribution in [3.05, 3.63) is 52.6 Å². The predicted octanol–water partition coefficient (Wildman–Crippen LogP) is 2.88. The third-order valence-electron chi connectivity index (χ3n) is 4.60. The number of rotatable bonds is 6. The maximum atomic E-state index is 12.5. The molecular formula is C20H20BrN3O4S. The Hall–Kier alpha value is -2.39. The van der Waals surface area contributed by atoms with E-state index < -0.39 is 5.97 Å². The van der Waals surface area contributed by atoms with Gasteiger partial charge >= 0.3 is 5.97 Å². The summed E-state index contributed by atoms with van der Waals surface area (Å²) in [6.45, 7) is 0.535. The molecule has 1 aromatic heterocycles. The molecule has 7 nitrogen and oxygen atoms in total. The van der Waals surface area contributed by atoms with Gasteiger partial charge in [0.2, 0.25) is 5.91 Å². The topological polar surface area (TPSA) is 103 Å². The Balaban J connectivity index is 1.58. The number of aromatic nitrogens is 1. The monoisotopic (exact) mass is 477 g/mol. The molecule has 0 spiro atoms. The molecule has 0 atom stereocenters. The van der Waals surface area contributed by atoms with Gasteiger partial charge in [0.05, 0.1) is 5.56 Å². The SMILES string of the molecule is NC(=O)C1CCN(C(=O)COC(=O)c2ccccc2Sc2ccc(Br)cn2)CC1. The summed E-state index contributed by atoms with van der Waals surface area (Å²) in [5.41, 5.74) is 5.69. The van der Waals surface area contributed by atoms with E-state index in [1.165, 1.54) is 11.8 Å². The van der Waals surface area contributed by atoms with Gasteiger partial charge < -0.3 is 15.4 Å². The van der Waals surface area contributed by atoms with Gasteiger partial charge in [-0.15, -0.1) is 0 Å². The van der Waals surface area contributed by atoms with E-state index >= 15 is 0 Å². The van der Waals surface area contributed by atoms with Crippen molar-refractivity contribution < 1.29 is 19.1 Å². The van der Waals surface area contributed by atoms with Gasteiger partial charge in [-0.1, -0.05) is 23.9 Å². The molecule has 1 aliphatic rings. The molecule has 1 saturated heterocycles. The predicted molar refractivity (Wildman–Crippen MR) is 111 cm³/mol. The van der Waals surface area contributed by atoms with E-state index in [1.54, 1.807) is 29.3 Å². The first kappa shape index (κ1) is 21.3. The molecule has 29 heavy (non-hydrogen) atoms. The average molecular weight is 478 g/mol. The molecule has 2 N–H and O–H groups in total. The minimum absolute atomic E-state index is 0.197. The molecule has 0 radical (unpaired) electrons. The molecular weight excluding hydrogens is 458 g/mol. The van der Waals surface area contributed by atoms with Gasteiger partial charge in [-0.3, -0.25) is 9.59 Å².